The Morgan fingerprint density at radius 3 is 2.71 bits per heavy atom. The van der Waals surface area contributed by atoms with E-state index in [9.17, 15) is 23.1 Å². The number of nitrogens with zero attached hydrogens (tertiary/aromatic N) is 1. The zero-order chi connectivity index (χ0) is 22.0. The van der Waals surface area contributed by atoms with Gasteiger partial charge in [-0.25, -0.2) is 0 Å². The first kappa shape index (κ1) is 20.1. The predicted molar refractivity (Wildman–Crippen MR) is 106 cm³/mol. The SMILES string of the molecule is O=C(NC1C2CC(O)(c3cc(Cl)cc4[nH]ncc34)CC21)c1cccc(OC(F)(F)F)c1. The third-order valence-electron chi connectivity index (χ3n) is 6.13. The maximum Gasteiger partial charge on any atom is 0.573 e. The molecule has 3 N–H and O–H groups in total. The van der Waals surface area contributed by atoms with Crippen LogP contribution in [0, 0.1) is 11.8 Å². The van der Waals surface area contributed by atoms with E-state index in [4.69, 9.17) is 11.6 Å². The second-order valence-electron chi connectivity index (χ2n) is 8.13. The molecule has 2 atom stereocenters. The summed E-state index contributed by atoms with van der Waals surface area (Å²) in [4.78, 5) is 12.5. The molecule has 0 spiro atoms. The van der Waals surface area contributed by atoms with Crippen molar-refractivity contribution in [2.24, 2.45) is 11.8 Å². The minimum Gasteiger partial charge on any atom is -0.406 e. The molecule has 1 aromatic heterocycles. The second-order valence-corrected chi connectivity index (χ2v) is 8.56. The van der Waals surface area contributed by atoms with Crippen molar-refractivity contribution in [3.63, 3.8) is 0 Å². The van der Waals surface area contributed by atoms with Gasteiger partial charge in [0.1, 0.15) is 5.75 Å². The molecule has 1 heterocycles. The van der Waals surface area contributed by atoms with Crippen LogP contribution in [0.25, 0.3) is 10.9 Å². The summed E-state index contributed by atoms with van der Waals surface area (Å²) in [5.74, 6) is -0.778. The summed E-state index contributed by atoms with van der Waals surface area (Å²) < 4.78 is 41.1. The van der Waals surface area contributed by atoms with Crippen LogP contribution in [0.5, 0.6) is 5.75 Å². The fourth-order valence-electron chi connectivity index (χ4n) is 4.77. The van der Waals surface area contributed by atoms with Crippen molar-refractivity contribution in [2.75, 3.05) is 0 Å². The van der Waals surface area contributed by atoms with E-state index in [0.717, 1.165) is 23.0 Å². The summed E-state index contributed by atoms with van der Waals surface area (Å²) in [5, 5.41) is 22.3. The minimum absolute atomic E-state index is 0.0736. The van der Waals surface area contributed by atoms with Gasteiger partial charge in [-0.05, 0) is 60.6 Å². The maximum atomic E-state index is 12.5. The molecular weight excluding hydrogens is 435 g/mol. The summed E-state index contributed by atoms with van der Waals surface area (Å²) in [6.45, 7) is 0. The van der Waals surface area contributed by atoms with Gasteiger partial charge in [-0.15, -0.1) is 13.2 Å². The van der Waals surface area contributed by atoms with Gasteiger partial charge in [-0.1, -0.05) is 17.7 Å². The first-order valence-corrected chi connectivity index (χ1v) is 10.0. The number of hydrogen-bond donors (Lipinski definition) is 3. The van der Waals surface area contributed by atoms with E-state index in [0.29, 0.717) is 23.4 Å². The van der Waals surface area contributed by atoms with E-state index in [2.05, 4.69) is 20.3 Å². The molecule has 0 bridgehead atoms. The smallest absolute Gasteiger partial charge is 0.406 e. The monoisotopic (exact) mass is 451 g/mol. The second kappa shape index (κ2) is 6.86. The van der Waals surface area contributed by atoms with E-state index < -0.39 is 23.6 Å². The van der Waals surface area contributed by atoms with Crippen molar-refractivity contribution < 1.29 is 27.8 Å². The van der Waals surface area contributed by atoms with Gasteiger partial charge in [0.25, 0.3) is 5.91 Å². The van der Waals surface area contributed by atoms with Crippen LogP contribution in [-0.2, 0) is 5.60 Å². The number of carbonyl (C=O) groups excluding carboxylic acids is 1. The number of aliphatic hydroxyl groups is 1. The highest BCUT2D eigenvalue weighted by Gasteiger charge is 2.62. The number of H-pyrrole nitrogens is 1. The molecule has 1 amide bonds. The molecule has 2 saturated carbocycles. The Balaban J connectivity index is 1.27. The molecule has 2 fully saturated rings. The molecule has 6 nitrogen and oxygen atoms in total. The van der Waals surface area contributed by atoms with Crippen LogP contribution in [-0.4, -0.2) is 33.6 Å². The Bertz CT molecular complexity index is 1170. The number of hydrogen-bond acceptors (Lipinski definition) is 4. The van der Waals surface area contributed by atoms with Crippen molar-refractivity contribution in [3.8, 4) is 5.75 Å². The zero-order valence-electron chi connectivity index (χ0n) is 15.9. The molecule has 2 aliphatic rings. The van der Waals surface area contributed by atoms with Gasteiger partial charge in [-0.2, -0.15) is 5.10 Å². The lowest BCUT2D eigenvalue weighted by atomic mass is 9.86. The van der Waals surface area contributed by atoms with Gasteiger partial charge in [-0.3, -0.25) is 9.89 Å². The third-order valence-corrected chi connectivity index (χ3v) is 6.35. The number of nitrogens with one attached hydrogen (secondary N) is 2. The number of benzene rings is 2. The van der Waals surface area contributed by atoms with Gasteiger partial charge in [0, 0.05) is 22.0 Å². The Kier molecular flexibility index (Phi) is 4.46. The molecule has 162 valence electrons. The molecule has 0 aliphatic heterocycles. The van der Waals surface area contributed by atoms with E-state index in [1.807, 2.05) is 0 Å². The topological polar surface area (TPSA) is 87.2 Å². The van der Waals surface area contributed by atoms with Gasteiger partial charge in [0.15, 0.2) is 0 Å². The molecule has 2 aliphatic carbocycles. The highest BCUT2D eigenvalue weighted by molar-refractivity contribution is 6.31. The molecule has 2 unspecified atom stereocenters. The number of halogens is 4. The van der Waals surface area contributed by atoms with E-state index in [-0.39, 0.29) is 23.4 Å². The van der Waals surface area contributed by atoms with Gasteiger partial charge in [0.05, 0.1) is 17.3 Å². The molecule has 0 saturated heterocycles. The number of rotatable bonds is 4. The van der Waals surface area contributed by atoms with Crippen LogP contribution >= 0.6 is 11.6 Å². The fourth-order valence-corrected chi connectivity index (χ4v) is 4.99. The van der Waals surface area contributed by atoms with Crippen molar-refractivity contribution in [1.82, 2.24) is 15.5 Å². The summed E-state index contributed by atoms with van der Waals surface area (Å²) in [5.41, 5.74) is 0.446. The maximum absolute atomic E-state index is 12.5. The molecule has 31 heavy (non-hydrogen) atoms. The van der Waals surface area contributed by atoms with Crippen LogP contribution in [0.2, 0.25) is 5.02 Å². The van der Waals surface area contributed by atoms with Crippen LogP contribution < -0.4 is 10.1 Å². The van der Waals surface area contributed by atoms with Crippen LogP contribution in [0.3, 0.4) is 0 Å². The number of aromatic amines is 1. The summed E-state index contributed by atoms with van der Waals surface area (Å²) in [6, 6.07) is 8.29. The predicted octanol–water partition coefficient (Wildman–Crippen LogP) is 4.14. The van der Waals surface area contributed by atoms with Crippen LogP contribution in [0.1, 0.15) is 28.8 Å². The normalized spacial score (nSPS) is 27.2. The van der Waals surface area contributed by atoms with Crippen molar-refractivity contribution >= 4 is 28.4 Å². The number of carbonyl (C=O) groups is 1. The zero-order valence-corrected chi connectivity index (χ0v) is 16.7. The van der Waals surface area contributed by atoms with E-state index in [1.54, 1.807) is 18.3 Å². The average Bonchev–Trinajstić information content (AvgIpc) is 3.04. The summed E-state index contributed by atoms with van der Waals surface area (Å²) in [6.07, 6.45) is -2.28. The lowest BCUT2D eigenvalue weighted by Gasteiger charge is -2.27. The summed E-state index contributed by atoms with van der Waals surface area (Å²) in [7, 11) is 0. The fraction of sp³-hybridized carbons (Fsp3) is 0.333. The lowest BCUT2D eigenvalue weighted by Crippen LogP contribution is -2.33. The van der Waals surface area contributed by atoms with Crippen molar-refractivity contribution in [1.29, 1.82) is 0 Å². The Labute approximate surface area is 179 Å². The van der Waals surface area contributed by atoms with Gasteiger partial charge in [0.2, 0.25) is 0 Å². The molecular formula is C21H17ClF3N3O3. The van der Waals surface area contributed by atoms with Gasteiger partial charge < -0.3 is 15.2 Å². The molecule has 0 radical (unpaired) electrons. The van der Waals surface area contributed by atoms with E-state index in [1.165, 1.54) is 12.1 Å². The Hall–Kier alpha value is -2.78. The Morgan fingerprint density at radius 1 is 1.26 bits per heavy atom. The Morgan fingerprint density at radius 2 is 2.00 bits per heavy atom. The van der Waals surface area contributed by atoms with Crippen LogP contribution in [0.15, 0.2) is 42.6 Å². The first-order chi connectivity index (χ1) is 14.6. The quantitative estimate of drug-likeness (QED) is 0.556. The summed E-state index contributed by atoms with van der Waals surface area (Å²) >= 11 is 6.19. The number of aromatic nitrogens is 2. The largest absolute Gasteiger partial charge is 0.573 e. The van der Waals surface area contributed by atoms with E-state index >= 15 is 0 Å². The molecule has 2 aromatic carbocycles. The number of ether oxygens (including phenoxy) is 1. The average molecular weight is 452 g/mol. The standard InChI is InChI=1S/C21H17ClF3N3O3/c22-11-5-16(15-9-26-28-17(15)6-11)20(30)7-13-14(8-20)18(13)27-19(29)10-2-1-3-12(4-10)31-21(23,24)25/h1-6,9,13-14,18,30H,7-8H2,(H,26,28)(H,27,29). The molecule has 3 aromatic rings. The van der Waals surface area contributed by atoms with Gasteiger partial charge >= 0.3 is 6.36 Å². The minimum atomic E-state index is -4.83. The lowest BCUT2D eigenvalue weighted by molar-refractivity contribution is -0.274. The molecule has 10 heteroatoms. The highest BCUT2D eigenvalue weighted by atomic mass is 35.5. The number of alkyl halides is 3. The number of amides is 1. The van der Waals surface area contributed by atoms with Crippen molar-refractivity contribution in [3.05, 3.63) is 58.7 Å². The first-order valence-electron chi connectivity index (χ1n) is 9.65. The highest BCUT2D eigenvalue weighted by Crippen LogP contribution is 2.60. The van der Waals surface area contributed by atoms with Crippen LogP contribution in [0.4, 0.5) is 13.2 Å². The van der Waals surface area contributed by atoms with Crippen molar-refractivity contribution in [2.45, 2.75) is 30.8 Å². The third kappa shape index (κ3) is 3.72. The number of fused-ring (bicyclic) bond motifs is 2. The molecule has 5 rings (SSSR count).